The fraction of sp³-hybridized carbons (Fsp3) is 0.172. The van der Waals surface area contributed by atoms with Crippen LogP contribution in [-0.4, -0.2) is 66.6 Å². The Labute approximate surface area is 240 Å². The SMILES string of the molecule is COc1ccc(N2NOC(=O)C2=CC(=NC(=O)c2ccccc2)C(=O)N2CCN(c3ccc([N+](=O)[O-])cc3)CC2)cc1. The molecule has 13 nitrogen and oxygen atoms in total. The first-order valence-electron chi connectivity index (χ1n) is 12.9. The molecule has 2 amide bonds. The number of methoxy groups -OCH3 is 1. The van der Waals surface area contributed by atoms with Crippen molar-refractivity contribution in [2.45, 2.75) is 0 Å². The van der Waals surface area contributed by atoms with Gasteiger partial charge in [0.25, 0.3) is 17.5 Å². The van der Waals surface area contributed by atoms with Gasteiger partial charge in [0.2, 0.25) is 0 Å². The van der Waals surface area contributed by atoms with Crippen molar-refractivity contribution in [1.29, 1.82) is 0 Å². The minimum absolute atomic E-state index is 0.00634. The average Bonchev–Trinajstić information content (AvgIpc) is 3.40. The van der Waals surface area contributed by atoms with Crippen molar-refractivity contribution in [2.75, 3.05) is 43.2 Å². The highest BCUT2D eigenvalue weighted by Gasteiger charge is 2.32. The molecule has 0 atom stereocenters. The third-order valence-electron chi connectivity index (χ3n) is 6.74. The van der Waals surface area contributed by atoms with E-state index in [1.807, 2.05) is 4.90 Å². The predicted molar refractivity (Wildman–Crippen MR) is 153 cm³/mol. The average molecular weight is 571 g/mol. The van der Waals surface area contributed by atoms with Gasteiger partial charge in [0.05, 0.1) is 17.7 Å². The van der Waals surface area contributed by atoms with Gasteiger partial charge in [-0.15, -0.1) is 0 Å². The van der Waals surface area contributed by atoms with E-state index in [-0.39, 0.29) is 22.7 Å². The molecule has 5 rings (SSSR count). The second-order valence-corrected chi connectivity index (χ2v) is 9.26. The van der Waals surface area contributed by atoms with Gasteiger partial charge in [-0.25, -0.2) is 14.8 Å². The summed E-state index contributed by atoms with van der Waals surface area (Å²) in [5, 5.41) is 12.3. The van der Waals surface area contributed by atoms with Crippen LogP contribution in [0.5, 0.6) is 5.75 Å². The highest BCUT2D eigenvalue weighted by molar-refractivity contribution is 6.45. The van der Waals surface area contributed by atoms with E-state index in [2.05, 4.69) is 10.6 Å². The van der Waals surface area contributed by atoms with Crippen molar-refractivity contribution in [3.63, 3.8) is 0 Å². The molecule has 0 saturated carbocycles. The summed E-state index contributed by atoms with van der Waals surface area (Å²) in [5.74, 6) is -1.34. The summed E-state index contributed by atoms with van der Waals surface area (Å²) in [5.41, 5.74) is 3.82. The Kier molecular flexibility index (Phi) is 8.20. The lowest BCUT2D eigenvalue weighted by atomic mass is 10.1. The van der Waals surface area contributed by atoms with Gasteiger partial charge in [0, 0.05) is 55.6 Å². The number of nitro benzene ring substituents is 1. The first-order valence-corrected chi connectivity index (χ1v) is 12.9. The maximum atomic E-state index is 13.7. The molecule has 214 valence electrons. The number of aliphatic imine (C=N–C) groups is 1. The minimum atomic E-state index is -0.763. The highest BCUT2D eigenvalue weighted by atomic mass is 16.7. The zero-order chi connectivity index (χ0) is 29.6. The summed E-state index contributed by atoms with van der Waals surface area (Å²) in [6.07, 6.45) is 1.23. The Morgan fingerprint density at radius 2 is 1.60 bits per heavy atom. The molecule has 2 aliphatic heterocycles. The van der Waals surface area contributed by atoms with Gasteiger partial charge < -0.3 is 19.4 Å². The Bertz CT molecular complexity index is 1550. The number of non-ortho nitro benzene ring substituents is 1. The van der Waals surface area contributed by atoms with Crippen molar-refractivity contribution < 1.29 is 28.9 Å². The number of rotatable bonds is 7. The lowest BCUT2D eigenvalue weighted by Gasteiger charge is -2.36. The number of hydrogen-bond acceptors (Lipinski definition) is 10. The zero-order valence-corrected chi connectivity index (χ0v) is 22.5. The number of nitrogens with one attached hydrogen (secondary N) is 1. The van der Waals surface area contributed by atoms with Crippen molar-refractivity contribution in [1.82, 2.24) is 10.5 Å². The summed E-state index contributed by atoms with van der Waals surface area (Å²) in [7, 11) is 1.53. The molecule has 3 aromatic carbocycles. The molecule has 0 spiro atoms. The molecule has 0 bridgehead atoms. The lowest BCUT2D eigenvalue weighted by molar-refractivity contribution is -0.384. The Morgan fingerprint density at radius 1 is 0.952 bits per heavy atom. The first-order chi connectivity index (χ1) is 20.3. The smallest absolute Gasteiger partial charge is 0.376 e. The molecule has 2 heterocycles. The summed E-state index contributed by atoms with van der Waals surface area (Å²) in [6, 6.07) is 21.2. The van der Waals surface area contributed by atoms with Crippen LogP contribution in [0.25, 0.3) is 0 Å². The molecule has 2 saturated heterocycles. The van der Waals surface area contributed by atoms with Gasteiger partial charge in [-0.05, 0) is 48.5 Å². The van der Waals surface area contributed by atoms with E-state index < -0.39 is 22.7 Å². The quantitative estimate of drug-likeness (QED) is 0.195. The van der Waals surface area contributed by atoms with Crippen LogP contribution >= 0.6 is 0 Å². The number of nitro groups is 1. The van der Waals surface area contributed by atoms with Crippen LogP contribution in [-0.2, 0) is 14.4 Å². The standard InChI is InChI=1S/C29H26N6O7/c1-41-24-13-11-22(12-14-24)34-26(29(38)42-31-34)19-25(30-27(36)20-5-3-2-4-6-20)28(37)33-17-15-32(16-18-33)21-7-9-23(10-8-21)35(39)40/h2-14,19,31H,15-18H2,1H3. The number of amides is 2. The van der Waals surface area contributed by atoms with Gasteiger partial charge in [-0.3, -0.25) is 19.7 Å². The van der Waals surface area contributed by atoms with Gasteiger partial charge in [-0.1, -0.05) is 23.8 Å². The number of piperazine rings is 1. The number of hydrogen-bond donors (Lipinski definition) is 1. The maximum Gasteiger partial charge on any atom is 0.376 e. The molecule has 3 aromatic rings. The first kappa shape index (κ1) is 28.0. The molecule has 0 unspecified atom stereocenters. The molecule has 0 aliphatic carbocycles. The topological polar surface area (TPSA) is 147 Å². The van der Waals surface area contributed by atoms with E-state index >= 15 is 0 Å². The molecule has 1 N–H and O–H groups in total. The molecule has 2 aliphatic rings. The maximum absolute atomic E-state index is 13.7. The fourth-order valence-electron chi connectivity index (χ4n) is 4.47. The number of benzene rings is 3. The van der Waals surface area contributed by atoms with Crippen molar-refractivity contribution in [2.24, 2.45) is 4.99 Å². The number of carbonyl (C=O) groups excluding carboxylic acids is 3. The summed E-state index contributed by atoms with van der Waals surface area (Å²) in [6.45, 7) is 1.48. The van der Waals surface area contributed by atoms with Crippen LogP contribution in [0.3, 0.4) is 0 Å². The third-order valence-corrected chi connectivity index (χ3v) is 6.74. The molecule has 42 heavy (non-hydrogen) atoms. The number of nitrogens with zero attached hydrogens (tertiary/aromatic N) is 5. The van der Waals surface area contributed by atoms with Crippen LogP contribution < -0.4 is 20.2 Å². The van der Waals surface area contributed by atoms with Gasteiger partial charge in [0.1, 0.15) is 11.5 Å². The van der Waals surface area contributed by atoms with Crippen molar-refractivity contribution in [3.05, 3.63) is 106 Å². The largest absolute Gasteiger partial charge is 0.497 e. The second kappa shape index (κ2) is 12.3. The molecule has 0 aromatic heterocycles. The molecular formula is C29H26N6O7. The summed E-state index contributed by atoms with van der Waals surface area (Å²) < 4.78 is 5.19. The van der Waals surface area contributed by atoms with E-state index in [1.54, 1.807) is 71.6 Å². The van der Waals surface area contributed by atoms with E-state index in [0.717, 1.165) is 5.69 Å². The van der Waals surface area contributed by atoms with E-state index in [1.165, 1.54) is 30.3 Å². The third kappa shape index (κ3) is 6.10. The van der Waals surface area contributed by atoms with Crippen LogP contribution in [0.4, 0.5) is 17.1 Å². The van der Waals surface area contributed by atoms with Crippen LogP contribution in [0.15, 0.2) is 95.6 Å². The summed E-state index contributed by atoms with van der Waals surface area (Å²) in [4.78, 5) is 62.7. The minimum Gasteiger partial charge on any atom is -0.497 e. The van der Waals surface area contributed by atoms with Gasteiger partial charge in [0.15, 0.2) is 5.70 Å². The van der Waals surface area contributed by atoms with E-state index in [9.17, 15) is 24.5 Å². The Hall–Kier alpha value is -5.56. The van der Waals surface area contributed by atoms with Crippen LogP contribution in [0, 0.1) is 10.1 Å². The van der Waals surface area contributed by atoms with Crippen LogP contribution in [0.2, 0.25) is 0 Å². The molecule has 13 heteroatoms. The second-order valence-electron chi connectivity index (χ2n) is 9.26. The molecule has 2 fully saturated rings. The number of ether oxygens (including phenoxy) is 1. The van der Waals surface area contributed by atoms with Crippen molar-refractivity contribution in [3.8, 4) is 5.75 Å². The summed E-state index contributed by atoms with van der Waals surface area (Å²) >= 11 is 0. The Morgan fingerprint density at radius 3 is 2.21 bits per heavy atom. The predicted octanol–water partition coefficient (Wildman–Crippen LogP) is 2.90. The van der Waals surface area contributed by atoms with Crippen molar-refractivity contribution >= 4 is 40.6 Å². The highest BCUT2D eigenvalue weighted by Crippen LogP contribution is 2.25. The normalized spacial score (nSPS) is 16.4. The fourth-order valence-corrected chi connectivity index (χ4v) is 4.47. The zero-order valence-electron chi connectivity index (χ0n) is 22.5. The number of carbonyl (C=O) groups is 3. The van der Waals surface area contributed by atoms with E-state index in [4.69, 9.17) is 9.57 Å². The number of anilines is 2. The molecule has 0 radical (unpaired) electrons. The van der Waals surface area contributed by atoms with Crippen LogP contribution in [0.1, 0.15) is 10.4 Å². The van der Waals surface area contributed by atoms with Gasteiger partial charge in [-0.2, -0.15) is 0 Å². The molecular weight excluding hydrogens is 544 g/mol. The van der Waals surface area contributed by atoms with Gasteiger partial charge >= 0.3 is 5.97 Å². The van der Waals surface area contributed by atoms with E-state index in [0.29, 0.717) is 37.6 Å². The Balaban J connectivity index is 1.41. The number of hydrazine groups is 1. The lowest BCUT2D eigenvalue weighted by Crippen LogP contribution is -2.50. The monoisotopic (exact) mass is 570 g/mol.